The van der Waals surface area contributed by atoms with E-state index in [2.05, 4.69) is 17.6 Å². The van der Waals surface area contributed by atoms with Gasteiger partial charge in [0.05, 0.1) is 7.11 Å². The van der Waals surface area contributed by atoms with Gasteiger partial charge < -0.3 is 24.8 Å². The summed E-state index contributed by atoms with van der Waals surface area (Å²) < 4.78 is 15.6. The molecule has 2 N–H and O–H groups in total. The van der Waals surface area contributed by atoms with Gasteiger partial charge in [-0.2, -0.15) is 0 Å². The predicted molar refractivity (Wildman–Crippen MR) is 121 cm³/mol. The van der Waals surface area contributed by atoms with Gasteiger partial charge >= 0.3 is 12.1 Å². The number of ether oxygens (including phenoxy) is 3. The first-order valence-corrected chi connectivity index (χ1v) is 10.9. The Morgan fingerprint density at radius 1 is 1.09 bits per heavy atom. The van der Waals surface area contributed by atoms with Gasteiger partial charge in [0, 0.05) is 12.1 Å². The van der Waals surface area contributed by atoms with Gasteiger partial charge in [-0.1, -0.05) is 13.0 Å². The quantitative estimate of drug-likeness (QED) is 0.375. The molecule has 0 heterocycles. The van der Waals surface area contributed by atoms with Crippen molar-refractivity contribution in [1.29, 1.82) is 0 Å². The highest BCUT2D eigenvalue weighted by atomic mass is 16.6. The molecule has 0 unspecified atom stereocenters. The number of alkyl carbamates (subject to hydrolysis) is 1. The molecule has 0 bridgehead atoms. The average Bonchev–Trinajstić information content (AvgIpc) is 2.72. The third-order valence-corrected chi connectivity index (χ3v) is 4.98. The molecule has 32 heavy (non-hydrogen) atoms. The summed E-state index contributed by atoms with van der Waals surface area (Å²) in [6.45, 7) is 7.08. The summed E-state index contributed by atoms with van der Waals surface area (Å²) in [5.41, 5.74) is 0.0628. The minimum absolute atomic E-state index is 0.132. The zero-order valence-corrected chi connectivity index (χ0v) is 19.5. The molecule has 0 aromatic heterocycles. The molecule has 8 heteroatoms. The highest BCUT2D eigenvalue weighted by Gasteiger charge is 2.19. The minimum Gasteiger partial charge on any atom is -0.493 e. The molecule has 1 saturated carbocycles. The topological polar surface area (TPSA) is 103 Å². The Labute approximate surface area is 189 Å². The SMILES string of the molecule is COc1cc(/C=C/C(=O)N[C@H]2CC[C@H](C)CC2)ccc1OC(=O)CNC(=O)OC(C)(C)C. The summed E-state index contributed by atoms with van der Waals surface area (Å²) in [5, 5.41) is 5.39. The second-order valence-electron chi connectivity index (χ2n) is 9.04. The molecule has 0 radical (unpaired) electrons. The average molecular weight is 447 g/mol. The van der Waals surface area contributed by atoms with Gasteiger partial charge in [-0.3, -0.25) is 4.79 Å². The Hall–Kier alpha value is -3.03. The van der Waals surface area contributed by atoms with E-state index in [0.29, 0.717) is 5.75 Å². The zero-order valence-electron chi connectivity index (χ0n) is 19.5. The number of carbonyl (C=O) groups is 3. The number of nitrogens with one attached hydrogen (secondary N) is 2. The van der Waals surface area contributed by atoms with E-state index in [-0.39, 0.29) is 24.2 Å². The van der Waals surface area contributed by atoms with Crippen LogP contribution >= 0.6 is 0 Å². The largest absolute Gasteiger partial charge is 0.493 e. The van der Waals surface area contributed by atoms with Gasteiger partial charge in [0.25, 0.3) is 0 Å². The van der Waals surface area contributed by atoms with Crippen LogP contribution in [0.5, 0.6) is 11.5 Å². The van der Waals surface area contributed by atoms with Crippen LogP contribution in [-0.2, 0) is 14.3 Å². The third-order valence-electron chi connectivity index (χ3n) is 4.98. The van der Waals surface area contributed by atoms with Crippen LogP contribution in [0.2, 0.25) is 0 Å². The number of carbonyl (C=O) groups excluding carboxylic acids is 3. The molecule has 0 atom stereocenters. The Morgan fingerprint density at radius 3 is 2.41 bits per heavy atom. The number of hydrogen-bond acceptors (Lipinski definition) is 6. The Morgan fingerprint density at radius 2 is 1.78 bits per heavy atom. The van der Waals surface area contributed by atoms with Gasteiger partial charge in [0.2, 0.25) is 5.91 Å². The molecule has 1 aromatic rings. The monoisotopic (exact) mass is 446 g/mol. The molecule has 0 saturated heterocycles. The summed E-state index contributed by atoms with van der Waals surface area (Å²) in [5.74, 6) is 0.471. The lowest BCUT2D eigenvalue weighted by atomic mass is 9.87. The number of benzene rings is 1. The van der Waals surface area contributed by atoms with Crippen molar-refractivity contribution >= 4 is 24.0 Å². The van der Waals surface area contributed by atoms with Crippen LogP contribution in [0.15, 0.2) is 24.3 Å². The molecular weight excluding hydrogens is 412 g/mol. The molecule has 2 rings (SSSR count). The van der Waals surface area contributed by atoms with Crippen molar-refractivity contribution in [2.24, 2.45) is 5.92 Å². The van der Waals surface area contributed by atoms with Crippen LogP contribution in [0.25, 0.3) is 6.08 Å². The lowest BCUT2D eigenvalue weighted by molar-refractivity contribution is -0.133. The Kier molecular flexibility index (Phi) is 9.11. The van der Waals surface area contributed by atoms with Crippen LogP contribution in [0.4, 0.5) is 4.79 Å². The van der Waals surface area contributed by atoms with Gasteiger partial charge in [0.1, 0.15) is 12.1 Å². The van der Waals surface area contributed by atoms with Crippen LogP contribution < -0.4 is 20.1 Å². The normalized spacial score (nSPS) is 18.7. The van der Waals surface area contributed by atoms with Crippen molar-refractivity contribution in [3.05, 3.63) is 29.8 Å². The van der Waals surface area contributed by atoms with Crippen molar-refractivity contribution in [3.63, 3.8) is 0 Å². The maximum Gasteiger partial charge on any atom is 0.408 e. The minimum atomic E-state index is -0.706. The summed E-state index contributed by atoms with van der Waals surface area (Å²) >= 11 is 0. The highest BCUT2D eigenvalue weighted by molar-refractivity contribution is 5.92. The molecule has 0 spiro atoms. The van der Waals surface area contributed by atoms with Gasteiger partial charge in [-0.25, -0.2) is 9.59 Å². The van der Waals surface area contributed by atoms with Crippen molar-refractivity contribution in [1.82, 2.24) is 10.6 Å². The molecule has 1 aromatic carbocycles. The maximum absolute atomic E-state index is 12.2. The van der Waals surface area contributed by atoms with E-state index in [1.807, 2.05) is 0 Å². The smallest absolute Gasteiger partial charge is 0.408 e. The fourth-order valence-corrected chi connectivity index (χ4v) is 3.32. The predicted octanol–water partition coefficient (Wildman–Crippen LogP) is 3.83. The van der Waals surface area contributed by atoms with Gasteiger partial charge in [-0.15, -0.1) is 0 Å². The van der Waals surface area contributed by atoms with Crippen molar-refractivity contribution < 1.29 is 28.6 Å². The van der Waals surface area contributed by atoms with Crippen molar-refractivity contribution in [2.45, 2.75) is 65.0 Å². The van der Waals surface area contributed by atoms with Gasteiger partial charge in [0.15, 0.2) is 11.5 Å². The molecule has 8 nitrogen and oxygen atoms in total. The van der Waals surface area contributed by atoms with Crippen molar-refractivity contribution in [2.75, 3.05) is 13.7 Å². The first-order valence-electron chi connectivity index (χ1n) is 10.9. The fraction of sp³-hybridized carbons (Fsp3) is 0.542. The number of esters is 1. The van der Waals surface area contributed by atoms with Crippen molar-refractivity contribution in [3.8, 4) is 11.5 Å². The van der Waals surface area contributed by atoms with E-state index in [1.165, 1.54) is 13.2 Å². The van der Waals surface area contributed by atoms with E-state index < -0.39 is 17.7 Å². The molecule has 2 amide bonds. The first-order chi connectivity index (χ1) is 15.1. The maximum atomic E-state index is 12.2. The van der Waals surface area contributed by atoms with E-state index in [1.54, 1.807) is 45.0 Å². The lowest BCUT2D eigenvalue weighted by Gasteiger charge is -2.26. The molecular formula is C24H34N2O6. The second-order valence-corrected chi connectivity index (χ2v) is 9.04. The number of methoxy groups -OCH3 is 1. The number of rotatable bonds is 7. The molecule has 0 aliphatic heterocycles. The summed E-state index contributed by atoms with van der Waals surface area (Å²) in [4.78, 5) is 35.9. The fourth-order valence-electron chi connectivity index (χ4n) is 3.32. The summed E-state index contributed by atoms with van der Waals surface area (Å²) in [6.07, 6.45) is 6.76. The van der Waals surface area contributed by atoms with E-state index in [9.17, 15) is 14.4 Å². The summed E-state index contributed by atoms with van der Waals surface area (Å²) in [7, 11) is 1.45. The van der Waals surface area contributed by atoms with Gasteiger partial charge in [-0.05, 0) is 76.1 Å². The van der Waals surface area contributed by atoms with E-state index in [0.717, 1.165) is 37.2 Å². The Bertz CT molecular complexity index is 835. The van der Waals surface area contributed by atoms with E-state index >= 15 is 0 Å². The van der Waals surface area contributed by atoms with Crippen LogP contribution in [0, 0.1) is 5.92 Å². The number of amides is 2. The second kappa shape index (κ2) is 11.5. The highest BCUT2D eigenvalue weighted by Crippen LogP contribution is 2.29. The van der Waals surface area contributed by atoms with E-state index in [4.69, 9.17) is 14.2 Å². The first kappa shape index (κ1) is 25.2. The molecule has 1 fully saturated rings. The third kappa shape index (κ3) is 8.99. The lowest BCUT2D eigenvalue weighted by Crippen LogP contribution is -2.36. The molecule has 1 aliphatic carbocycles. The van der Waals surface area contributed by atoms with Crippen LogP contribution in [-0.4, -0.2) is 43.3 Å². The standard InChI is InChI=1S/C24H34N2O6/c1-16-6-10-18(11-7-16)26-21(27)13-9-17-8-12-19(20(14-17)30-5)31-22(28)15-25-23(29)32-24(2,3)4/h8-9,12-14,16,18H,6-7,10-11,15H2,1-5H3,(H,25,29)(H,26,27)/b13-9+/t16-,18-. The number of hydrogen-bond donors (Lipinski definition) is 2. The van der Waals surface area contributed by atoms with Crippen LogP contribution in [0.1, 0.15) is 58.9 Å². The Balaban J connectivity index is 1.88. The zero-order chi connectivity index (χ0) is 23.7. The summed E-state index contributed by atoms with van der Waals surface area (Å²) in [6, 6.07) is 5.17. The molecule has 176 valence electrons. The molecule has 1 aliphatic rings. The van der Waals surface area contributed by atoms with Crippen LogP contribution in [0.3, 0.4) is 0 Å².